The van der Waals surface area contributed by atoms with Gasteiger partial charge in [0, 0.05) is 11.6 Å². The Morgan fingerprint density at radius 1 is 1.09 bits per heavy atom. The van der Waals surface area contributed by atoms with E-state index in [1.807, 2.05) is 30.3 Å². The average Bonchev–Trinajstić information content (AvgIpc) is 3.24. The predicted molar refractivity (Wildman–Crippen MR) is 88.8 cm³/mol. The maximum absolute atomic E-state index is 9.32. The van der Waals surface area contributed by atoms with E-state index >= 15 is 0 Å². The molecule has 1 fully saturated rings. The van der Waals surface area contributed by atoms with Gasteiger partial charge in [-0.2, -0.15) is 4.80 Å². The number of hydrogen-bond donors (Lipinski definition) is 1. The Hall–Kier alpha value is -1.79. The number of rotatable bonds is 8. The van der Waals surface area contributed by atoms with E-state index in [-0.39, 0.29) is 0 Å². The first-order valence-electron chi connectivity index (χ1n) is 8.55. The van der Waals surface area contributed by atoms with Crippen LogP contribution in [0.1, 0.15) is 32.1 Å². The molecule has 23 heavy (non-hydrogen) atoms. The van der Waals surface area contributed by atoms with Crippen LogP contribution in [0.5, 0.6) is 0 Å². The van der Waals surface area contributed by atoms with Crippen molar-refractivity contribution in [1.82, 2.24) is 25.1 Å². The highest BCUT2D eigenvalue weighted by Gasteiger charge is 2.22. The molecular weight excluding hydrogens is 290 g/mol. The van der Waals surface area contributed by atoms with Crippen LogP contribution in [-0.4, -0.2) is 56.0 Å². The number of benzene rings is 1. The first-order chi connectivity index (χ1) is 11.4. The van der Waals surface area contributed by atoms with Gasteiger partial charge >= 0.3 is 0 Å². The van der Waals surface area contributed by atoms with Crippen LogP contribution in [0.2, 0.25) is 0 Å². The first-order valence-corrected chi connectivity index (χ1v) is 8.55. The molecule has 1 N–H and O–H groups in total. The van der Waals surface area contributed by atoms with Gasteiger partial charge in [0.1, 0.15) is 0 Å². The smallest absolute Gasteiger partial charge is 0.204 e. The molecule has 1 saturated heterocycles. The van der Waals surface area contributed by atoms with Crippen LogP contribution < -0.4 is 0 Å². The van der Waals surface area contributed by atoms with Crippen LogP contribution in [0, 0.1) is 0 Å². The summed E-state index contributed by atoms with van der Waals surface area (Å²) in [6.45, 7) is 3.33. The lowest BCUT2D eigenvalue weighted by Crippen LogP contribution is -2.32. The van der Waals surface area contributed by atoms with E-state index < -0.39 is 0 Å². The molecule has 2 aromatic rings. The molecule has 1 unspecified atom stereocenters. The molecule has 0 bridgehead atoms. The normalized spacial score (nSPS) is 18.6. The highest BCUT2D eigenvalue weighted by atomic mass is 16.3. The van der Waals surface area contributed by atoms with Crippen molar-refractivity contribution in [3.8, 4) is 11.4 Å². The second kappa shape index (κ2) is 8.17. The standard InChI is InChI=1S/C17H25N5O/c23-14-16-10-7-12-21(16)11-5-2-6-13-22-19-17(18-20-22)15-8-3-1-4-9-15/h1,3-4,8-9,16,23H,2,5-7,10-14H2. The second-order valence-electron chi connectivity index (χ2n) is 6.15. The molecule has 0 radical (unpaired) electrons. The van der Waals surface area contributed by atoms with Crippen LogP contribution in [0.15, 0.2) is 30.3 Å². The van der Waals surface area contributed by atoms with Crippen LogP contribution in [-0.2, 0) is 6.54 Å². The fraction of sp³-hybridized carbons (Fsp3) is 0.588. The predicted octanol–water partition coefficient (Wildman–Crippen LogP) is 1.97. The summed E-state index contributed by atoms with van der Waals surface area (Å²) in [7, 11) is 0. The van der Waals surface area contributed by atoms with Crippen molar-refractivity contribution < 1.29 is 5.11 Å². The molecule has 1 aliphatic heterocycles. The molecule has 1 aliphatic rings. The van der Waals surface area contributed by atoms with Gasteiger partial charge in [-0.1, -0.05) is 36.8 Å². The highest BCUT2D eigenvalue weighted by Crippen LogP contribution is 2.17. The van der Waals surface area contributed by atoms with Crippen molar-refractivity contribution in [2.24, 2.45) is 0 Å². The molecule has 1 aromatic carbocycles. The Kier molecular flexibility index (Phi) is 5.71. The second-order valence-corrected chi connectivity index (χ2v) is 6.15. The van der Waals surface area contributed by atoms with E-state index in [2.05, 4.69) is 20.3 Å². The monoisotopic (exact) mass is 315 g/mol. The summed E-state index contributed by atoms with van der Waals surface area (Å²) in [6.07, 6.45) is 5.73. The third-order valence-electron chi connectivity index (χ3n) is 4.50. The third kappa shape index (κ3) is 4.36. The van der Waals surface area contributed by atoms with Crippen molar-refractivity contribution >= 4 is 0 Å². The van der Waals surface area contributed by atoms with Gasteiger partial charge in [-0.05, 0) is 44.0 Å². The first kappa shape index (κ1) is 16.1. The van der Waals surface area contributed by atoms with E-state index in [1.165, 1.54) is 6.42 Å². The number of aliphatic hydroxyl groups excluding tert-OH is 1. The van der Waals surface area contributed by atoms with Gasteiger partial charge in [0.2, 0.25) is 5.82 Å². The van der Waals surface area contributed by atoms with Gasteiger partial charge in [-0.15, -0.1) is 10.2 Å². The van der Waals surface area contributed by atoms with Crippen molar-refractivity contribution in [3.63, 3.8) is 0 Å². The molecule has 124 valence electrons. The van der Waals surface area contributed by atoms with Gasteiger partial charge in [0.05, 0.1) is 13.2 Å². The molecule has 3 rings (SSSR count). The molecule has 1 aromatic heterocycles. The van der Waals surface area contributed by atoms with Crippen molar-refractivity contribution in [3.05, 3.63) is 30.3 Å². The minimum Gasteiger partial charge on any atom is -0.395 e. The van der Waals surface area contributed by atoms with Crippen LogP contribution in [0.3, 0.4) is 0 Å². The zero-order chi connectivity index (χ0) is 15.9. The number of aliphatic hydroxyl groups is 1. The molecule has 0 amide bonds. The van der Waals surface area contributed by atoms with Gasteiger partial charge in [-0.25, -0.2) is 0 Å². The summed E-state index contributed by atoms with van der Waals surface area (Å²) in [5.41, 5.74) is 1.00. The van der Waals surface area contributed by atoms with Crippen LogP contribution in [0.4, 0.5) is 0 Å². The van der Waals surface area contributed by atoms with Crippen LogP contribution in [0.25, 0.3) is 11.4 Å². The fourth-order valence-electron chi connectivity index (χ4n) is 3.18. The summed E-state index contributed by atoms with van der Waals surface area (Å²) in [5.74, 6) is 0.688. The number of likely N-dealkylation sites (tertiary alicyclic amines) is 1. The Bertz CT molecular complexity index is 586. The van der Waals surface area contributed by atoms with Gasteiger partial charge in [-0.3, -0.25) is 4.90 Å². The molecule has 0 saturated carbocycles. The van der Waals surface area contributed by atoms with E-state index in [0.717, 1.165) is 50.9 Å². The molecular formula is C17H25N5O. The Labute approximate surface area is 137 Å². The van der Waals surface area contributed by atoms with Gasteiger partial charge in [0.25, 0.3) is 0 Å². The summed E-state index contributed by atoms with van der Waals surface area (Å²) >= 11 is 0. The lowest BCUT2D eigenvalue weighted by Gasteiger charge is -2.22. The van der Waals surface area contributed by atoms with Crippen molar-refractivity contribution in [2.45, 2.75) is 44.7 Å². The number of aryl methyl sites for hydroxylation is 1. The minimum absolute atomic E-state index is 0.297. The number of nitrogens with zero attached hydrogens (tertiary/aromatic N) is 5. The zero-order valence-corrected chi connectivity index (χ0v) is 13.5. The summed E-state index contributed by atoms with van der Waals surface area (Å²) in [6, 6.07) is 10.3. The number of unbranched alkanes of at least 4 members (excludes halogenated alkanes) is 2. The zero-order valence-electron chi connectivity index (χ0n) is 13.5. The fourth-order valence-corrected chi connectivity index (χ4v) is 3.18. The molecule has 0 spiro atoms. The SMILES string of the molecule is OCC1CCCN1CCCCCn1nnc(-c2ccccc2)n1. The van der Waals surface area contributed by atoms with Gasteiger partial charge < -0.3 is 5.11 Å². The molecule has 1 atom stereocenters. The number of hydrogen-bond acceptors (Lipinski definition) is 5. The van der Waals surface area contributed by atoms with E-state index in [9.17, 15) is 5.11 Å². The molecule has 6 nitrogen and oxygen atoms in total. The lowest BCUT2D eigenvalue weighted by atomic mass is 10.2. The molecule has 2 heterocycles. The summed E-state index contributed by atoms with van der Waals surface area (Å²) in [5, 5.41) is 22.0. The topological polar surface area (TPSA) is 67.1 Å². The Balaban J connectivity index is 1.37. The quantitative estimate of drug-likeness (QED) is 0.754. The summed E-state index contributed by atoms with van der Waals surface area (Å²) in [4.78, 5) is 4.11. The third-order valence-corrected chi connectivity index (χ3v) is 4.50. The molecule has 6 heteroatoms. The highest BCUT2D eigenvalue weighted by molar-refractivity contribution is 5.52. The van der Waals surface area contributed by atoms with E-state index in [1.54, 1.807) is 4.80 Å². The molecule has 0 aliphatic carbocycles. The number of aromatic nitrogens is 4. The number of tetrazole rings is 1. The minimum atomic E-state index is 0.297. The Morgan fingerprint density at radius 3 is 2.74 bits per heavy atom. The van der Waals surface area contributed by atoms with Crippen LogP contribution >= 0.6 is 0 Å². The maximum atomic E-state index is 9.32. The van der Waals surface area contributed by atoms with E-state index in [0.29, 0.717) is 18.5 Å². The van der Waals surface area contributed by atoms with Gasteiger partial charge in [0.15, 0.2) is 0 Å². The van der Waals surface area contributed by atoms with E-state index in [4.69, 9.17) is 0 Å². The van der Waals surface area contributed by atoms with Crippen molar-refractivity contribution in [1.29, 1.82) is 0 Å². The average molecular weight is 315 g/mol. The largest absolute Gasteiger partial charge is 0.395 e. The van der Waals surface area contributed by atoms with Crippen molar-refractivity contribution in [2.75, 3.05) is 19.7 Å². The summed E-state index contributed by atoms with van der Waals surface area (Å²) < 4.78 is 0. The maximum Gasteiger partial charge on any atom is 0.204 e. The Morgan fingerprint density at radius 2 is 1.91 bits per heavy atom. The lowest BCUT2D eigenvalue weighted by molar-refractivity contribution is 0.156.